The van der Waals surface area contributed by atoms with Gasteiger partial charge in [0.2, 0.25) is 11.9 Å². The van der Waals surface area contributed by atoms with E-state index >= 15 is 0 Å². The Kier molecular flexibility index (Phi) is 7.69. The smallest absolute Gasteiger partial charge is 0.234 e. The molecular weight excluding hydrogens is 661 g/mol. The fraction of sp³-hybridized carbons (Fsp3) is 0. The van der Waals surface area contributed by atoms with E-state index in [9.17, 15) is 0 Å². The summed E-state index contributed by atoms with van der Waals surface area (Å²) in [6, 6.07) is 59.3. The fourth-order valence-electron chi connectivity index (χ4n) is 7.19. The summed E-state index contributed by atoms with van der Waals surface area (Å²) in [6.45, 7) is 0. The topological polar surface area (TPSA) is 58.0 Å². The van der Waals surface area contributed by atoms with Crippen LogP contribution < -0.4 is 9.80 Å². The van der Waals surface area contributed by atoms with Crippen LogP contribution in [0.3, 0.4) is 0 Å². The van der Waals surface area contributed by atoms with E-state index in [1.54, 1.807) is 0 Å². The summed E-state index contributed by atoms with van der Waals surface area (Å²) in [5.74, 6) is 1.14. The molecule has 2 aromatic heterocycles. The van der Waals surface area contributed by atoms with Crippen LogP contribution in [0.15, 0.2) is 195 Å². The van der Waals surface area contributed by atoms with Crippen molar-refractivity contribution in [1.82, 2.24) is 19.9 Å². The Labute approximate surface area is 312 Å². The third-order valence-electron chi connectivity index (χ3n) is 9.97. The Morgan fingerprint density at radius 3 is 0.759 bits per heavy atom. The molecule has 0 N–H and O–H groups in total. The van der Waals surface area contributed by atoms with Crippen LogP contribution in [0.4, 0.5) is 34.6 Å². The largest absolute Gasteiger partial charge is 0.279 e. The number of anilines is 6. The summed E-state index contributed by atoms with van der Waals surface area (Å²) in [7, 11) is 0. The molecule has 8 aromatic carbocycles. The molecule has 6 heteroatoms. The minimum absolute atomic E-state index is 0.570. The van der Waals surface area contributed by atoms with Crippen LogP contribution in [0.1, 0.15) is 0 Å². The van der Waals surface area contributed by atoms with Crippen molar-refractivity contribution in [2.45, 2.75) is 0 Å². The van der Waals surface area contributed by atoms with Crippen LogP contribution >= 0.6 is 0 Å². The third kappa shape index (κ3) is 5.82. The molecule has 0 radical (unpaired) electrons. The number of hydrogen-bond acceptors (Lipinski definition) is 6. The normalized spacial score (nSPS) is 11.3. The van der Waals surface area contributed by atoms with Crippen LogP contribution in [-0.2, 0) is 0 Å². The highest BCUT2D eigenvalue weighted by Crippen LogP contribution is 2.38. The average molecular weight is 693 g/mol. The van der Waals surface area contributed by atoms with Crippen molar-refractivity contribution in [3.05, 3.63) is 195 Å². The van der Waals surface area contributed by atoms with E-state index in [0.717, 1.165) is 55.4 Å². The molecule has 2 heterocycles. The van der Waals surface area contributed by atoms with Gasteiger partial charge >= 0.3 is 0 Å². The van der Waals surface area contributed by atoms with Gasteiger partial charge in [-0.25, -0.2) is 19.9 Å². The summed E-state index contributed by atoms with van der Waals surface area (Å²) >= 11 is 0. The lowest BCUT2D eigenvalue weighted by Gasteiger charge is -2.24. The average Bonchev–Trinajstić information content (AvgIpc) is 3.24. The molecular formula is C48H32N6. The predicted molar refractivity (Wildman–Crippen MR) is 222 cm³/mol. The number of rotatable bonds is 7. The van der Waals surface area contributed by atoms with Crippen LogP contribution in [0, 0.1) is 0 Å². The van der Waals surface area contributed by atoms with E-state index in [1.807, 2.05) is 24.8 Å². The first kappa shape index (κ1) is 31.3. The molecule has 6 nitrogen and oxygen atoms in total. The first-order chi connectivity index (χ1) is 26.7. The number of nitrogens with zero attached hydrogens (tertiary/aromatic N) is 6. The van der Waals surface area contributed by atoms with Gasteiger partial charge < -0.3 is 0 Å². The Hall–Kier alpha value is -7.44. The molecule has 0 amide bonds. The van der Waals surface area contributed by atoms with Crippen molar-refractivity contribution >= 4 is 77.7 Å². The third-order valence-corrected chi connectivity index (χ3v) is 9.97. The van der Waals surface area contributed by atoms with Gasteiger partial charge in [-0.05, 0) is 91.6 Å². The van der Waals surface area contributed by atoms with Gasteiger partial charge in [-0.2, -0.15) is 0 Å². The molecule has 10 rings (SSSR count). The molecule has 0 aliphatic carbocycles. The highest BCUT2D eigenvalue weighted by molar-refractivity contribution is 5.93. The van der Waals surface area contributed by atoms with Crippen LogP contribution in [0.5, 0.6) is 0 Å². The van der Waals surface area contributed by atoms with Crippen molar-refractivity contribution in [2.75, 3.05) is 9.80 Å². The standard InChI is InChI=1S/C48H32N6/c1-5-13-37-25-43(21-17-33(37)9-1)53(44-22-18-34-10-2-6-14-38(34)26-44)47-49-29-41(30-50-47)42-31-51-48(52-32-42)54(45-23-19-35-11-3-7-15-39(35)27-45)46-24-20-36-12-4-8-16-40(36)28-46/h1-32H. The van der Waals surface area contributed by atoms with Gasteiger partial charge in [0.05, 0.1) is 0 Å². The van der Waals surface area contributed by atoms with E-state index in [0.29, 0.717) is 11.9 Å². The van der Waals surface area contributed by atoms with E-state index in [2.05, 4.69) is 180 Å². The number of fused-ring (bicyclic) bond motifs is 4. The number of hydrogen-bond donors (Lipinski definition) is 0. The number of aromatic nitrogens is 4. The number of benzene rings is 8. The maximum Gasteiger partial charge on any atom is 0.234 e. The van der Waals surface area contributed by atoms with Gasteiger partial charge in [0.15, 0.2) is 0 Å². The minimum Gasteiger partial charge on any atom is -0.279 e. The van der Waals surface area contributed by atoms with Crippen LogP contribution in [-0.4, -0.2) is 19.9 Å². The van der Waals surface area contributed by atoms with E-state index in [4.69, 9.17) is 19.9 Å². The van der Waals surface area contributed by atoms with Crippen molar-refractivity contribution in [3.8, 4) is 11.1 Å². The minimum atomic E-state index is 0.570. The molecule has 0 fully saturated rings. The lowest BCUT2D eigenvalue weighted by Crippen LogP contribution is -2.14. The van der Waals surface area contributed by atoms with Crippen LogP contribution in [0.2, 0.25) is 0 Å². The van der Waals surface area contributed by atoms with E-state index < -0.39 is 0 Å². The molecule has 0 saturated carbocycles. The molecule has 0 spiro atoms. The highest BCUT2D eigenvalue weighted by Gasteiger charge is 2.19. The Morgan fingerprint density at radius 1 is 0.259 bits per heavy atom. The lowest BCUT2D eigenvalue weighted by molar-refractivity contribution is 1.07. The zero-order valence-corrected chi connectivity index (χ0v) is 29.2. The zero-order chi connectivity index (χ0) is 35.8. The quantitative estimate of drug-likeness (QED) is 0.166. The molecule has 0 aliphatic heterocycles. The summed E-state index contributed by atoms with van der Waals surface area (Å²) < 4.78 is 0. The maximum absolute atomic E-state index is 4.93. The van der Waals surface area contributed by atoms with Gasteiger partial charge in [0.1, 0.15) is 0 Å². The Bertz CT molecular complexity index is 2600. The lowest BCUT2D eigenvalue weighted by atomic mass is 10.1. The predicted octanol–water partition coefficient (Wildman–Crippen LogP) is 12.5. The van der Waals surface area contributed by atoms with Gasteiger partial charge in [-0.3, -0.25) is 9.80 Å². The van der Waals surface area contributed by atoms with Crippen molar-refractivity contribution in [3.63, 3.8) is 0 Å². The molecule has 10 aromatic rings. The molecule has 0 saturated heterocycles. The second-order valence-electron chi connectivity index (χ2n) is 13.3. The fourth-order valence-corrected chi connectivity index (χ4v) is 7.19. The first-order valence-electron chi connectivity index (χ1n) is 17.9. The highest BCUT2D eigenvalue weighted by atomic mass is 15.3. The Balaban J connectivity index is 1.02. The summed E-state index contributed by atoms with van der Waals surface area (Å²) in [4.78, 5) is 23.9. The van der Waals surface area contributed by atoms with Crippen molar-refractivity contribution in [1.29, 1.82) is 0 Å². The van der Waals surface area contributed by atoms with Gasteiger partial charge in [-0.15, -0.1) is 0 Å². The SMILES string of the molecule is c1ccc2cc(N(c3ccc4ccccc4c3)c3ncc(-c4cnc(N(c5ccc6ccccc6c5)c5ccc6ccccc6c5)nc4)cn3)ccc2c1. The van der Waals surface area contributed by atoms with E-state index in [-0.39, 0.29) is 0 Å². The molecule has 54 heavy (non-hydrogen) atoms. The maximum atomic E-state index is 4.93. The molecule has 0 aliphatic rings. The van der Waals surface area contributed by atoms with Crippen molar-refractivity contribution in [2.24, 2.45) is 0 Å². The summed E-state index contributed by atoms with van der Waals surface area (Å²) in [6.07, 6.45) is 7.39. The summed E-state index contributed by atoms with van der Waals surface area (Å²) in [5.41, 5.74) is 5.56. The Morgan fingerprint density at radius 2 is 0.500 bits per heavy atom. The molecule has 0 atom stereocenters. The molecule has 0 bridgehead atoms. The van der Waals surface area contributed by atoms with Gasteiger partial charge in [0.25, 0.3) is 0 Å². The second-order valence-corrected chi connectivity index (χ2v) is 13.3. The van der Waals surface area contributed by atoms with Crippen LogP contribution in [0.25, 0.3) is 54.2 Å². The second kappa shape index (κ2) is 13.3. The van der Waals surface area contributed by atoms with Gasteiger partial charge in [0, 0.05) is 58.7 Å². The summed E-state index contributed by atoms with van der Waals surface area (Å²) in [5, 5.41) is 9.32. The molecule has 254 valence electrons. The monoisotopic (exact) mass is 692 g/mol. The first-order valence-corrected chi connectivity index (χ1v) is 17.9. The van der Waals surface area contributed by atoms with E-state index in [1.165, 1.54) is 21.5 Å². The van der Waals surface area contributed by atoms with Gasteiger partial charge in [-0.1, -0.05) is 121 Å². The van der Waals surface area contributed by atoms with Crippen molar-refractivity contribution < 1.29 is 0 Å². The zero-order valence-electron chi connectivity index (χ0n) is 29.2. The molecule has 0 unspecified atom stereocenters.